The maximum absolute atomic E-state index is 11.7. The Balaban J connectivity index is 1.89. The van der Waals surface area contributed by atoms with Gasteiger partial charge in [0.05, 0.1) is 12.2 Å². The summed E-state index contributed by atoms with van der Waals surface area (Å²) in [6.07, 6.45) is 1.28. The Morgan fingerprint density at radius 1 is 1.04 bits per heavy atom. The zero-order valence-corrected chi connectivity index (χ0v) is 13.7. The summed E-state index contributed by atoms with van der Waals surface area (Å²) in [5.41, 5.74) is 3.13. The van der Waals surface area contributed by atoms with Gasteiger partial charge in [0.15, 0.2) is 0 Å². The van der Waals surface area contributed by atoms with E-state index in [-0.39, 0.29) is 5.56 Å². The molecule has 0 aliphatic heterocycles. The second kappa shape index (κ2) is 8.02. The first-order valence-electron chi connectivity index (χ1n) is 6.67. The van der Waals surface area contributed by atoms with Crippen LogP contribution in [0.15, 0.2) is 58.1 Å². The molecule has 0 radical (unpaired) electrons. The SMILES string of the molecule is O=C(N/N=C\c1ccc(C(=O)[O-])cc1)C(=O)Nc1cccc(Br)c1. The van der Waals surface area contributed by atoms with Crippen LogP contribution in [0.25, 0.3) is 0 Å². The molecule has 0 fully saturated rings. The molecular formula is C16H11BrN3O4-. The Kier molecular flexibility index (Phi) is 5.80. The monoisotopic (exact) mass is 388 g/mol. The van der Waals surface area contributed by atoms with Crippen LogP contribution in [0, 0.1) is 0 Å². The standard InChI is InChI=1S/C16H12BrN3O4/c17-12-2-1-3-13(8-12)19-14(21)15(22)20-18-9-10-4-6-11(7-5-10)16(23)24/h1-9H,(H,19,21)(H,20,22)(H,23,24)/p-1/b18-9-. The molecule has 0 aliphatic carbocycles. The number of carbonyl (C=O) groups excluding carboxylic acids is 3. The smallest absolute Gasteiger partial charge is 0.329 e. The molecular weight excluding hydrogens is 378 g/mol. The Morgan fingerprint density at radius 3 is 2.38 bits per heavy atom. The van der Waals surface area contributed by atoms with Crippen molar-refractivity contribution in [3.8, 4) is 0 Å². The lowest BCUT2D eigenvalue weighted by Gasteiger charge is -2.04. The van der Waals surface area contributed by atoms with Crippen LogP contribution in [0.1, 0.15) is 15.9 Å². The van der Waals surface area contributed by atoms with E-state index in [2.05, 4.69) is 31.8 Å². The Morgan fingerprint density at radius 2 is 1.75 bits per heavy atom. The molecule has 7 nitrogen and oxygen atoms in total. The lowest BCUT2D eigenvalue weighted by molar-refractivity contribution is -0.255. The van der Waals surface area contributed by atoms with Crippen LogP contribution in [0.3, 0.4) is 0 Å². The van der Waals surface area contributed by atoms with Crippen LogP contribution in [0.4, 0.5) is 5.69 Å². The molecule has 2 aromatic carbocycles. The van der Waals surface area contributed by atoms with Gasteiger partial charge in [-0.15, -0.1) is 0 Å². The van der Waals surface area contributed by atoms with Gasteiger partial charge < -0.3 is 15.2 Å². The average Bonchev–Trinajstić information content (AvgIpc) is 2.55. The number of amides is 2. The van der Waals surface area contributed by atoms with Gasteiger partial charge in [0.25, 0.3) is 0 Å². The number of carboxylic acid groups (broad SMARTS) is 1. The highest BCUT2D eigenvalue weighted by molar-refractivity contribution is 9.10. The maximum atomic E-state index is 11.7. The van der Waals surface area contributed by atoms with E-state index in [0.717, 1.165) is 4.47 Å². The molecule has 0 saturated carbocycles. The number of anilines is 1. The number of hydrogen-bond acceptors (Lipinski definition) is 5. The summed E-state index contributed by atoms with van der Waals surface area (Å²) in [5, 5.41) is 16.7. The molecule has 0 bridgehead atoms. The predicted molar refractivity (Wildman–Crippen MR) is 89.3 cm³/mol. The number of hydrogen-bond donors (Lipinski definition) is 2. The third-order valence-electron chi connectivity index (χ3n) is 2.81. The van der Waals surface area contributed by atoms with Crippen molar-refractivity contribution in [3.63, 3.8) is 0 Å². The van der Waals surface area contributed by atoms with Gasteiger partial charge >= 0.3 is 11.8 Å². The summed E-state index contributed by atoms with van der Waals surface area (Å²) in [7, 11) is 0. The zero-order valence-electron chi connectivity index (χ0n) is 12.2. The van der Waals surface area contributed by atoms with Gasteiger partial charge in [-0.1, -0.05) is 46.3 Å². The van der Waals surface area contributed by atoms with E-state index in [1.807, 2.05) is 0 Å². The Labute approximate surface area is 145 Å². The van der Waals surface area contributed by atoms with Crippen LogP contribution >= 0.6 is 15.9 Å². The van der Waals surface area contributed by atoms with Crippen LogP contribution in [-0.2, 0) is 9.59 Å². The second-order valence-corrected chi connectivity index (χ2v) is 5.49. The normalized spacial score (nSPS) is 10.4. The van der Waals surface area contributed by atoms with Crippen molar-refractivity contribution in [2.75, 3.05) is 5.32 Å². The van der Waals surface area contributed by atoms with Gasteiger partial charge in [0.2, 0.25) is 0 Å². The van der Waals surface area contributed by atoms with E-state index in [9.17, 15) is 19.5 Å². The zero-order chi connectivity index (χ0) is 17.5. The molecule has 2 aromatic rings. The summed E-state index contributed by atoms with van der Waals surface area (Å²) < 4.78 is 0.763. The molecule has 2 N–H and O–H groups in total. The quantitative estimate of drug-likeness (QED) is 0.460. The minimum absolute atomic E-state index is 0.0320. The first kappa shape index (κ1) is 17.4. The molecule has 0 aliphatic rings. The fourth-order valence-corrected chi connectivity index (χ4v) is 2.07. The number of hydrazone groups is 1. The highest BCUT2D eigenvalue weighted by atomic mass is 79.9. The highest BCUT2D eigenvalue weighted by Crippen LogP contribution is 2.15. The third kappa shape index (κ3) is 5.03. The van der Waals surface area contributed by atoms with E-state index >= 15 is 0 Å². The molecule has 0 saturated heterocycles. The van der Waals surface area contributed by atoms with E-state index in [1.165, 1.54) is 30.5 Å². The summed E-state index contributed by atoms with van der Waals surface area (Å²) in [6, 6.07) is 12.4. The number of halogens is 1. The topological polar surface area (TPSA) is 111 Å². The predicted octanol–water partition coefficient (Wildman–Crippen LogP) is 0.901. The third-order valence-corrected chi connectivity index (χ3v) is 3.31. The van der Waals surface area contributed by atoms with Gasteiger partial charge in [-0.2, -0.15) is 5.10 Å². The molecule has 2 rings (SSSR count). The highest BCUT2D eigenvalue weighted by Gasteiger charge is 2.12. The Bertz CT molecular complexity index is 803. The average molecular weight is 389 g/mol. The summed E-state index contributed by atoms with van der Waals surface area (Å²) in [4.78, 5) is 33.9. The lowest BCUT2D eigenvalue weighted by atomic mass is 10.1. The fraction of sp³-hybridized carbons (Fsp3) is 0. The van der Waals surface area contributed by atoms with Gasteiger partial charge in [-0.3, -0.25) is 9.59 Å². The van der Waals surface area contributed by atoms with Crippen molar-refractivity contribution in [1.29, 1.82) is 0 Å². The van der Waals surface area contributed by atoms with E-state index in [0.29, 0.717) is 11.3 Å². The lowest BCUT2D eigenvalue weighted by Crippen LogP contribution is -2.32. The first-order chi connectivity index (χ1) is 11.5. The number of carboxylic acids is 1. The van der Waals surface area contributed by atoms with Crippen molar-refractivity contribution in [2.24, 2.45) is 5.10 Å². The largest absolute Gasteiger partial charge is 0.545 e. The molecule has 0 spiro atoms. The van der Waals surface area contributed by atoms with E-state index in [1.54, 1.807) is 24.3 Å². The number of nitrogens with zero attached hydrogens (tertiary/aromatic N) is 1. The van der Waals surface area contributed by atoms with Crippen molar-refractivity contribution in [3.05, 3.63) is 64.1 Å². The van der Waals surface area contributed by atoms with Crippen molar-refractivity contribution >= 4 is 45.6 Å². The van der Waals surface area contributed by atoms with E-state index < -0.39 is 17.8 Å². The number of carbonyl (C=O) groups is 3. The number of nitrogens with one attached hydrogen (secondary N) is 2. The maximum Gasteiger partial charge on any atom is 0.329 e. The molecule has 0 heterocycles. The minimum Gasteiger partial charge on any atom is -0.545 e. The number of rotatable bonds is 4. The van der Waals surface area contributed by atoms with Crippen LogP contribution < -0.4 is 15.8 Å². The second-order valence-electron chi connectivity index (χ2n) is 4.57. The summed E-state index contributed by atoms with van der Waals surface area (Å²) in [5.74, 6) is -3.08. The summed E-state index contributed by atoms with van der Waals surface area (Å²) in [6.45, 7) is 0. The van der Waals surface area contributed by atoms with Crippen molar-refractivity contribution in [1.82, 2.24) is 5.43 Å². The van der Waals surface area contributed by atoms with Crippen molar-refractivity contribution < 1.29 is 19.5 Å². The van der Waals surface area contributed by atoms with E-state index in [4.69, 9.17) is 0 Å². The van der Waals surface area contributed by atoms with Gasteiger partial charge in [-0.05, 0) is 29.3 Å². The molecule has 0 atom stereocenters. The number of aromatic carboxylic acids is 1. The van der Waals surface area contributed by atoms with Crippen LogP contribution in [0.5, 0.6) is 0 Å². The van der Waals surface area contributed by atoms with Crippen molar-refractivity contribution in [2.45, 2.75) is 0 Å². The van der Waals surface area contributed by atoms with Gasteiger partial charge in [0, 0.05) is 10.2 Å². The summed E-state index contributed by atoms with van der Waals surface area (Å²) >= 11 is 3.25. The molecule has 8 heteroatoms. The van der Waals surface area contributed by atoms with Gasteiger partial charge in [-0.25, -0.2) is 5.43 Å². The molecule has 2 amide bonds. The first-order valence-corrected chi connectivity index (χ1v) is 7.46. The minimum atomic E-state index is -1.28. The molecule has 0 unspecified atom stereocenters. The van der Waals surface area contributed by atoms with Crippen LogP contribution in [0.2, 0.25) is 0 Å². The number of benzene rings is 2. The molecule has 0 aromatic heterocycles. The molecule has 24 heavy (non-hydrogen) atoms. The fourth-order valence-electron chi connectivity index (χ4n) is 1.68. The van der Waals surface area contributed by atoms with Crippen LogP contribution in [-0.4, -0.2) is 24.0 Å². The van der Waals surface area contributed by atoms with Gasteiger partial charge in [0.1, 0.15) is 0 Å². The molecule has 122 valence electrons. The Hall–Kier alpha value is -3.00.